The Labute approximate surface area is 226 Å². The first-order valence-electron chi connectivity index (χ1n) is 11.9. The molecule has 5 rings (SSSR count). The third-order valence-electron chi connectivity index (χ3n) is 6.19. The second-order valence-electron chi connectivity index (χ2n) is 8.94. The normalized spacial score (nSPS) is 18.9. The maximum Gasteiger partial charge on any atom is 0.573 e. The number of amidine groups is 2. The molecule has 2 heterocycles. The number of hydrogen-bond donors (Lipinski definition) is 1. The quantitative estimate of drug-likeness (QED) is 0.434. The molecule has 3 aromatic carbocycles. The molecule has 0 amide bonds. The predicted octanol–water partition coefficient (Wildman–Crippen LogP) is 4.86. The van der Waals surface area contributed by atoms with Crippen molar-refractivity contribution in [3.63, 3.8) is 0 Å². The van der Waals surface area contributed by atoms with E-state index in [1.807, 2.05) is 0 Å². The number of ether oxygens (including phenoxy) is 2. The molecule has 1 saturated heterocycles. The summed E-state index contributed by atoms with van der Waals surface area (Å²) in [6.07, 6.45) is -5.43. The lowest BCUT2D eigenvalue weighted by molar-refractivity contribution is -0.274. The van der Waals surface area contributed by atoms with E-state index in [0.717, 1.165) is 12.1 Å². The summed E-state index contributed by atoms with van der Waals surface area (Å²) in [5, 5.41) is 2.79. The summed E-state index contributed by atoms with van der Waals surface area (Å²) < 4.78 is 107. The molecule has 1 fully saturated rings. The molecule has 0 radical (unpaired) electrons. The first-order valence-corrected chi connectivity index (χ1v) is 13.3. The monoisotopic (exact) mass is 580 g/mol. The van der Waals surface area contributed by atoms with Gasteiger partial charge in [0, 0.05) is 24.7 Å². The molecular formula is C26H21F5N4O4S. The highest BCUT2D eigenvalue weighted by molar-refractivity contribution is 7.89. The highest BCUT2D eigenvalue weighted by Crippen LogP contribution is 2.33. The SMILES string of the molecule is O=S1(=O)N=C(Nc2ccc(OC(F)(F)F)cc2)C(N2CCOC(C(c3ccc(F)cc3)c3ccc(F)cc3)C2)=N1. The van der Waals surface area contributed by atoms with Crippen LogP contribution >= 0.6 is 0 Å². The molecule has 3 aromatic rings. The van der Waals surface area contributed by atoms with Gasteiger partial charge in [-0.15, -0.1) is 22.0 Å². The van der Waals surface area contributed by atoms with Crippen molar-refractivity contribution >= 4 is 27.6 Å². The number of anilines is 1. The number of rotatable bonds is 5. The van der Waals surface area contributed by atoms with E-state index in [-0.39, 0.29) is 37.1 Å². The molecule has 2 aliphatic heterocycles. The van der Waals surface area contributed by atoms with Gasteiger partial charge in [0.25, 0.3) is 0 Å². The van der Waals surface area contributed by atoms with Crippen LogP contribution in [0.5, 0.6) is 5.75 Å². The maximum atomic E-state index is 13.7. The Morgan fingerprint density at radius 1 is 0.900 bits per heavy atom. The molecule has 8 nitrogen and oxygen atoms in total. The predicted molar refractivity (Wildman–Crippen MR) is 136 cm³/mol. The largest absolute Gasteiger partial charge is 0.573 e. The second-order valence-corrected chi connectivity index (χ2v) is 10.2. The Morgan fingerprint density at radius 2 is 1.48 bits per heavy atom. The van der Waals surface area contributed by atoms with E-state index in [4.69, 9.17) is 4.74 Å². The summed E-state index contributed by atoms with van der Waals surface area (Å²) in [7, 11) is -4.22. The van der Waals surface area contributed by atoms with Crippen molar-refractivity contribution in [2.45, 2.75) is 18.4 Å². The van der Waals surface area contributed by atoms with Gasteiger partial charge in [0.1, 0.15) is 17.4 Å². The number of nitrogens with one attached hydrogen (secondary N) is 1. The van der Waals surface area contributed by atoms with Crippen LogP contribution in [0.2, 0.25) is 0 Å². The van der Waals surface area contributed by atoms with Crippen LogP contribution in [0.25, 0.3) is 0 Å². The van der Waals surface area contributed by atoms with Crippen molar-refractivity contribution in [1.29, 1.82) is 0 Å². The minimum atomic E-state index is -4.86. The Hall–Kier alpha value is -4.04. The number of morpholine rings is 1. The maximum absolute atomic E-state index is 13.7. The molecule has 1 atom stereocenters. The third kappa shape index (κ3) is 6.57. The molecule has 0 aliphatic carbocycles. The van der Waals surface area contributed by atoms with Crippen molar-refractivity contribution in [1.82, 2.24) is 4.90 Å². The Balaban J connectivity index is 1.39. The van der Waals surface area contributed by atoms with Crippen molar-refractivity contribution in [2.75, 3.05) is 25.0 Å². The summed E-state index contributed by atoms with van der Waals surface area (Å²) in [4.78, 5) is 1.66. The van der Waals surface area contributed by atoms with Crippen molar-refractivity contribution in [2.24, 2.45) is 8.80 Å². The van der Waals surface area contributed by atoms with Gasteiger partial charge < -0.3 is 19.7 Å². The zero-order valence-corrected chi connectivity index (χ0v) is 21.3. The Kier molecular flexibility index (Phi) is 7.47. The van der Waals surface area contributed by atoms with E-state index >= 15 is 0 Å². The van der Waals surface area contributed by atoms with Gasteiger partial charge in [0.05, 0.1) is 12.7 Å². The Morgan fingerprint density at radius 3 is 2.02 bits per heavy atom. The zero-order chi connectivity index (χ0) is 28.5. The van der Waals surface area contributed by atoms with E-state index in [1.165, 1.54) is 36.4 Å². The molecule has 210 valence electrons. The van der Waals surface area contributed by atoms with Gasteiger partial charge in [-0.2, -0.15) is 8.42 Å². The molecular weight excluding hydrogens is 559 g/mol. The molecule has 0 aromatic heterocycles. The van der Waals surface area contributed by atoms with Gasteiger partial charge in [-0.25, -0.2) is 8.78 Å². The van der Waals surface area contributed by atoms with E-state index in [2.05, 4.69) is 18.8 Å². The molecule has 40 heavy (non-hydrogen) atoms. The fourth-order valence-corrected chi connectivity index (χ4v) is 5.34. The number of alkyl halides is 3. The number of halogens is 5. The topological polar surface area (TPSA) is 92.6 Å². The smallest absolute Gasteiger partial charge is 0.406 e. The minimum absolute atomic E-state index is 0.000815. The number of nitrogens with zero attached hydrogens (tertiary/aromatic N) is 3. The molecule has 14 heteroatoms. The van der Waals surface area contributed by atoms with Crippen LogP contribution in [-0.4, -0.2) is 57.2 Å². The fourth-order valence-electron chi connectivity index (χ4n) is 4.52. The second kappa shape index (κ2) is 10.8. The van der Waals surface area contributed by atoms with Gasteiger partial charge in [0.2, 0.25) is 0 Å². The Bertz CT molecular complexity index is 1480. The zero-order valence-electron chi connectivity index (χ0n) is 20.5. The minimum Gasteiger partial charge on any atom is -0.406 e. The van der Waals surface area contributed by atoms with Crippen molar-refractivity contribution < 1.29 is 39.8 Å². The molecule has 0 bridgehead atoms. The van der Waals surface area contributed by atoms with Gasteiger partial charge in [-0.05, 0) is 59.7 Å². The van der Waals surface area contributed by atoms with Crippen LogP contribution in [0.1, 0.15) is 17.0 Å². The lowest BCUT2D eigenvalue weighted by Gasteiger charge is -2.38. The first-order chi connectivity index (χ1) is 19.0. The molecule has 1 unspecified atom stereocenters. The summed E-state index contributed by atoms with van der Waals surface area (Å²) in [6.45, 7) is 0.579. The lowest BCUT2D eigenvalue weighted by atomic mass is 9.85. The van der Waals surface area contributed by atoms with Gasteiger partial charge >= 0.3 is 16.6 Å². The average molecular weight is 581 g/mol. The van der Waals surface area contributed by atoms with Crippen LogP contribution < -0.4 is 10.1 Å². The molecule has 0 saturated carbocycles. The number of hydrogen-bond acceptors (Lipinski definition) is 6. The molecule has 2 aliphatic rings. The summed E-state index contributed by atoms with van der Waals surface area (Å²) in [5.74, 6) is -1.88. The first kappa shape index (κ1) is 27.5. The van der Waals surface area contributed by atoms with Gasteiger partial charge in [-0.3, -0.25) is 0 Å². The fraction of sp³-hybridized carbons (Fsp3) is 0.231. The standard InChI is InChI=1S/C26H21F5N4O4S/c27-18-5-1-16(2-6-18)23(17-3-7-19(28)8-4-17)22-15-35(13-14-38-22)25-24(33-40(36,37)34-25)32-20-9-11-21(12-10-20)39-26(29,30)31/h1-12,22-23H,13-15H2,(H,32,33). The number of benzene rings is 3. The van der Waals surface area contributed by atoms with E-state index in [1.54, 1.807) is 29.2 Å². The van der Waals surface area contributed by atoms with Crippen molar-refractivity contribution in [3.8, 4) is 5.75 Å². The summed E-state index contributed by atoms with van der Waals surface area (Å²) >= 11 is 0. The van der Waals surface area contributed by atoms with Crippen LogP contribution in [-0.2, 0) is 14.9 Å². The van der Waals surface area contributed by atoms with E-state index < -0.39 is 46.0 Å². The molecule has 1 N–H and O–H groups in total. The summed E-state index contributed by atoms with van der Waals surface area (Å²) in [6, 6.07) is 16.3. The van der Waals surface area contributed by atoms with Crippen molar-refractivity contribution in [3.05, 3.63) is 95.6 Å². The van der Waals surface area contributed by atoms with Crippen LogP contribution in [0.4, 0.5) is 27.6 Å². The molecule has 0 spiro atoms. The van der Waals surface area contributed by atoms with E-state index in [0.29, 0.717) is 11.1 Å². The third-order valence-corrected chi connectivity index (χ3v) is 7.01. The van der Waals surface area contributed by atoms with Crippen LogP contribution in [0, 0.1) is 11.6 Å². The van der Waals surface area contributed by atoms with E-state index in [9.17, 15) is 30.4 Å². The van der Waals surface area contributed by atoms with Gasteiger partial charge in [-0.1, -0.05) is 24.3 Å². The highest BCUT2D eigenvalue weighted by Gasteiger charge is 2.36. The highest BCUT2D eigenvalue weighted by atomic mass is 32.2. The summed E-state index contributed by atoms with van der Waals surface area (Å²) in [5.41, 5.74) is 1.65. The van der Waals surface area contributed by atoms with Crippen LogP contribution in [0.15, 0.2) is 81.6 Å². The van der Waals surface area contributed by atoms with Gasteiger partial charge in [0.15, 0.2) is 11.7 Å². The average Bonchev–Trinajstić information content (AvgIpc) is 3.21. The lowest BCUT2D eigenvalue weighted by Crippen LogP contribution is -2.50. The van der Waals surface area contributed by atoms with Crippen LogP contribution in [0.3, 0.4) is 0 Å².